The van der Waals surface area contributed by atoms with Crippen LogP contribution in [0.15, 0.2) is 18.2 Å². The smallest absolute Gasteiger partial charge is 0.393 e. The quantitative estimate of drug-likeness (QED) is 0.833. The summed E-state index contributed by atoms with van der Waals surface area (Å²) in [5, 5.41) is 9.72. The molecular formula is C20H26F3N3O2. The summed E-state index contributed by atoms with van der Waals surface area (Å²) in [5.74, 6) is 0.423. The fraction of sp³-hybridized carbons (Fsp3) is 0.700. The van der Waals surface area contributed by atoms with E-state index in [1.165, 1.54) is 6.07 Å². The van der Waals surface area contributed by atoms with Crippen LogP contribution in [-0.4, -0.2) is 52.7 Å². The molecule has 28 heavy (non-hydrogen) atoms. The lowest BCUT2D eigenvalue weighted by Gasteiger charge is -2.41. The van der Waals surface area contributed by atoms with E-state index < -0.39 is 17.3 Å². The van der Waals surface area contributed by atoms with Crippen molar-refractivity contribution in [2.75, 3.05) is 24.5 Å². The van der Waals surface area contributed by atoms with Crippen LogP contribution in [0.5, 0.6) is 0 Å². The van der Waals surface area contributed by atoms with Gasteiger partial charge in [0.25, 0.3) is 0 Å². The SMILES string of the molecule is O=C1N(C2CCC(O)CC2)CCC12CCCN(c1cccc(C(F)(F)F)n1)C2. The van der Waals surface area contributed by atoms with Gasteiger partial charge < -0.3 is 14.9 Å². The van der Waals surface area contributed by atoms with Crippen LogP contribution in [0, 0.1) is 5.41 Å². The van der Waals surface area contributed by atoms with Crippen molar-refractivity contribution >= 4 is 11.7 Å². The minimum Gasteiger partial charge on any atom is -0.393 e. The number of rotatable bonds is 2. The number of carbonyl (C=O) groups excluding carboxylic acids is 1. The summed E-state index contributed by atoms with van der Waals surface area (Å²) in [6.07, 6.45) is 0.622. The maximum atomic E-state index is 13.3. The van der Waals surface area contributed by atoms with Crippen molar-refractivity contribution in [1.82, 2.24) is 9.88 Å². The van der Waals surface area contributed by atoms with Gasteiger partial charge in [0, 0.05) is 25.7 Å². The number of hydrogen-bond acceptors (Lipinski definition) is 4. The van der Waals surface area contributed by atoms with E-state index >= 15 is 0 Å². The first-order valence-electron chi connectivity index (χ1n) is 10.1. The third kappa shape index (κ3) is 3.58. The summed E-state index contributed by atoms with van der Waals surface area (Å²) < 4.78 is 39.0. The van der Waals surface area contributed by atoms with Gasteiger partial charge in [-0.05, 0) is 57.1 Å². The standard InChI is InChI=1S/C20H26F3N3O2/c21-20(22,23)16-3-1-4-17(24-16)25-11-2-9-19(13-25)10-12-26(18(19)28)14-5-7-15(27)8-6-14/h1,3-4,14-15,27H,2,5-13H2. The Labute approximate surface area is 162 Å². The Morgan fingerprint density at radius 3 is 2.57 bits per heavy atom. The number of alkyl halides is 3. The van der Waals surface area contributed by atoms with Crippen LogP contribution in [0.2, 0.25) is 0 Å². The minimum absolute atomic E-state index is 0.130. The van der Waals surface area contributed by atoms with E-state index in [1.807, 2.05) is 9.80 Å². The zero-order chi connectivity index (χ0) is 19.9. The van der Waals surface area contributed by atoms with E-state index in [2.05, 4.69) is 4.98 Å². The number of aromatic nitrogens is 1. The third-order valence-electron chi connectivity index (χ3n) is 6.58. The van der Waals surface area contributed by atoms with Crippen molar-refractivity contribution < 1.29 is 23.1 Å². The number of halogens is 3. The number of aliphatic hydroxyl groups excluding tert-OH is 1. The number of hydrogen-bond donors (Lipinski definition) is 1. The second-order valence-corrected chi connectivity index (χ2v) is 8.40. The highest BCUT2D eigenvalue weighted by Crippen LogP contribution is 2.43. The second kappa shape index (κ2) is 7.21. The van der Waals surface area contributed by atoms with E-state index in [1.54, 1.807) is 6.07 Å². The molecule has 1 atom stereocenters. The van der Waals surface area contributed by atoms with Crippen molar-refractivity contribution in [3.05, 3.63) is 23.9 Å². The molecule has 1 aromatic heterocycles. The average molecular weight is 397 g/mol. The molecule has 1 amide bonds. The van der Waals surface area contributed by atoms with E-state index in [4.69, 9.17) is 0 Å². The number of anilines is 1. The summed E-state index contributed by atoms with van der Waals surface area (Å²) in [5.41, 5.74) is -1.42. The van der Waals surface area contributed by atoms with E-state index in [0.29, 0.717) is 25.5 Å². The summed E-state index contributed by atoms with van der Waals surface area (Å²) in [6, 6.07) is 4.12. The third-order valence-corrected chi connectivity index (χ3v) is 6.58. The maximum Gasteiger partial charge on any atom is 0.433 e. The largest absolute Gasteiger partial charge is 0.433 e. The fourth-order valence-corrected chi connectivity index (χ4v) is 5.03. The second-order valence-electron chi connectivity index (χ2n) is 8.40. The van der Waals surface area contributed by atoms with Gasteiger partial charge in [0.1, 0.15) is 11.5 Å². The first kappa shape index (κ1) is 19.5. The molecule has 154 valence electrons. The molecule has 2 aliphatic heterocycles. The van der Waals surface area contributed by atoms with Crippen molar-refractivity contribution in [3.63, 3.8) is 0 Å². The molecule has 3 heterocycles. The molecule has 1 aliphatic carbocycles. The molecule has 1 N–H and O–H groups in total. The molecule has 5 nitrogen and oxygen atoms in total. The molecule has 3 aliphatic rings. The van der Waals surface area contributed by atoms with Crippen molar-refractivity contribution in [2.45, 2.75) is 63.3 Å². The number of likely N-dealkylation sites (tertiary alicyclic amines) is 1. The minimum atomic E-state index is -4.48. The van der Waals surface area contributed by atoms with Gasteiger partial charge in [-0.1, -0.05) is 6.07 Å². The highest BCUT2D eigenvalue weighted by atomic mass is 19.4. The molecule has 8 heteroatoms. The number of pyridine rings is 1. The van der Waals surface area contributed by atoms with Gasteiger partial charge in [-0.2, -0.15) is 13.2 Å². The molecule has 1 unspecified atom stereocenters. The summed E-state index contributed by atoms with van der Waals surface area (Å²) in [6.45, 7) is 1.73. The highest BCUT2D eigenvalue weighted by Gasteiger charge is 2.51. The van der Waals surface area contributed by atoms with Gasteiger partial charge >= 0.3 is 6.18 Å². The van der Waals surface area contributed by atoms with Gasteiger partial charge in [-0.3, -0.25) is 4.79 Å². The molecule has 0 aromatic carbocycles. The van der Waals surface area contributed by atoms with Crippen LogP contribution in [0.1, 0.15) is 50.6 Å². The van der Waals surface area contributed by atoms with Gasteiger partial charge in [0.2, 0.25) is 5.91 Å². The van der Waals surface area contributed by atoms with Crippen molar-refractivity contribution in [3.8, 4) is 0 Å². The highest BCUT2D eigenvalue weighted by molar-refractivity contribution is 5.86. The van der Waals surface area contributed by atoms with Crippen molar-refractivity contribution in [2.24, 2.45) is 5.41 Å². The van der Waals surface area contributed by atoms with Crippen LogP contribution in [0.25, 0.3) is 0 Å². The number of nitrogens with zero attached hydrogens (tertiary/aromatic N) is 3. The lowest BCUT2D eigenvalue weighted by molar-refractivity contribution is -0.141. The Kier molecular flexibility index (Phi) is 5.02. The molecule has 1 spiro atoms. The lowest BCUT2D eigenvalue weighted by Crippen LogP contribution is -2.50. The molecule has 3 fully saturated rings. The Morgan fingerprint density at radius 1 is 1.11 bits per heavy atom. The summed E-state index contributed by atoms with van der Waals surface area (Å²) >= 11 is 0. The van der Waals surface area contributed by atoms with Crippen LogP contribution < -0.4 is 4.90 Å². The zero-order valence-corrected chi connectivity index (χ0v) is 15.8. The first-order chi connectivity index (χ1) is 13.3. The molecule has 0 radical (unpaired) electrons. The number of carbonyl (C=O) groups is 1. The molecule has 1 saturated carbocycles. The van der Waals surface area contributed by atoms with Crippen LogP contribution in [-0.2, 0) is 11.0 Å². The Hall–Kier alpha value is -1.83. The molecule has 2 saturated heterocycles. The van der Waals surface area contributed by atoms with Gasteiger partial charge in [-0.25, -0.2) is 4.98 Å². The average Bonchev–Trinajstić information content (AvgIpc) is 2.98. The van der Waals surface area contributed by atoms with Crippen LogP contribution in [0.3, 0.4) is 0 Å². The molecular weight excluding hydrogens is 371 g/mol. The molecule has 0 bridgehead atoms. The normalized spacial score (nSPS) is 31.6. The van der Waals surface area contributed by atoms with Gasteiger partial charge in [0.05, 0.1) is 11.5 Å². The van der Waals surface area contributed by atoms with Gasteiger partial charge in [-0.15, -0.1) is 0 Å². The topological polar surface area (TPSA) is 56.7 Å². The number of aliphatic hydroxyl groups is 1. The Balaban J connectivity index is 1.50. The Morgan fingerprint density at radius 2 is 1.86 bits per heavy atom. The molecule has 1 aromatic rings. The van der Waals surface area contributed by atoms with Crippen LogP contribution >= 0.6 is 0 Å². The molecule has 4 rings (SSSR count). The van der Waals surface area contributed by atoms with E-state index in [0.717, 1.165) is 51.0 Å². The van der Waals surface area contributed by atoms with E-state index in [9.17, 15) is 23.1 Å². The Bertz CT molecular complexity index is 734. The van der Waals surface area contributed by atoms with E-state index in [-0.39, 0.29) is 18.1 Å². The fourth-order valence-electron chi connectivity index (χ4n) is 5.03. The first-order valence-corrected chi connectivity index (χ1v) is 10.1. The van der Waals surface area contributed by atoms with Crippen LogP contribution in [0.4, 0.5) is 19.0 Å². The van der Waals surface area contributed by atoms with Gasteiger partial charge in [0.15, 0.2) is 0 Å². The number of piperidine rings is 1. The zero-order valence-electron chi connectivity index (χ0n) is 15.8. The van der Waals surface area contributed by atoms with Crippen molar-refractivity contribution in [1.29, 1.82) is 0 Å². The predicted molar refractivity (Wildman–Crippen MR) is 97.7 cm³/mol. The number of amides is 1. The summed E-state index contributed by atoms with van der Waals surface area (Å²) in [4.78, 5) is 20.9. The lowest BCUT2D eigenvalue weighted by atomic mass is 9.78. The maximum absolute atomic E-state index is 13.3. The summed E-state index contributed by atoms with van der Waals surface area (Å²) in [7, 11) is 0. The predicted octanol–water partition coefficient (Wildman–Crippen LogP) is 3.22. The monoisotopic (exact) mass is 397 g/mol.